The molecule has 0 saturated carbocycles. The summed E-state index contributed by atoms with van der Waals surface area (Å²) in [5, 5.41) is 0. The van der Waals surface area contributed by atoms with E-state index in [4.69, 9.17) is 23.7 Å². The van der Waals surface area contributed by atoms with Gasteiger partial charge in [-0.05, 0) is 49.2 Å². The quantitative estimate of drug-likeness (QED) is 0.654. The minimum Gasteiger partial charge on any atom is -0.493 e. The number of rotatable bonds is 8. The lowest BCUT2D eigenvalue weighted by molar-refractivity contribution is 0.275. The molecule has 1 fully saturated rings. The Bertz CT molecular complexity index is 751. The van der Waals surface area contributed by atoms with Crippen molar-refractivity contribution in [3.63, 3.8) is 0 Å². The molecular weight excluding hydrogens is 344 g/mol. The average Bonchev–Trinajstić information content (AvgIpc) is 3.20. The molecule has 1 aliphatic heterocycles. The van der Waals surface area contributed by atoms with Crippen LogP contribution in [0, 0.1) is 0 Å². The van der Waals surface area contributed by atoms with Gasteiger partial charge in [0, 0.05) is 12.8 Å². The first kappa shape index (κ1) is 19.4. The number of benzene rings is 2. The maximum absolute atomic E-state index is 6.22. The highest BCUT2D eigenvalue weighted by atomic mass is 16.6. The van der Waals surface area contributed by atoms with E-state index in [1.54, 1.807) is 28.4 Å². The van der Waals surface area contributed by atoms with Gasteiger partial charge in [-0.1, -0.05) is 12.1 Å². The van der Waals surface area contributed by atoms with Gasteiger partial charge in [-0.3, -0.25) is 0 Å². The van der Waals surface area contributed by atoms with Crippen LogP contribution in [0.4, 0.5) is 0 Å². The average molecular weight is 372 g/mol. The zero-order valence-corrected chi connectivity index (χ0v) is 16.9. The summed E-state index contributed by atoms with van der Waals surface area (Å²) in [7, 11) is 6.59. The van der Waals surface area contributed by atoms with Crippen molar-refractivity contribution in [1.82, 2.24) is 0 Å². The Labute approximate surface area is 161 Å². The van der Waals surface area contributed by atoms with Crippen molar-refractivity contribution in [2.75, 3.05) is 28.4 Å². The van der Waals surface area contributed by atoms with Gasteiger partial charge in [-0.25, -0.2) is 0 Å². The second-order valence-corrected chi connectivity index (χ2v) is 7.30. The predicted octanol–water partition coefficient (Wildman–Crippen LogP) is 4.05. The Morgan fingerprint density at radius 1 is 0.630 bits per heavy atom. The third kappa shape index (κ3) is 3.69. The largest absolute Gasteiger partial charge is 0.493 e. The number of epoxide rings is 1. The molecule has 0 aliphatic carbocycles. The Hall–Kier alpha value is -2.40. The van der Waals surface area contributed by atoms with Gasteiger partial charge in [0.2, 0.25) is 0 Å². The monoisotopic (exact) mass is 372 g/mol. The molecule has 0 bridgehead atoms. The summed E-state index contributed by atoms with van der Waals surface area (Å²) < 4.78 is 27.7. The Morgan fingerprint density at radius 3 is 1.33 bits per heavy atom. The fourth-order valence-electron chi connectivity index (χ4n) is 3.68. The van der Waals surface area contributed by atoms with E-state index < -0.39 is 0 Å². The molecule has 2 aromatic carbocycles. The van der Waals surface area contributed by atoms with E-state index >= 15 is 0 Å². The highest BCUT2D eigenvalue weighted by Crippen LogP contribution is 2.52. The van der Waals surface area contributed by atoms with Crippen molar-refractivity contribution in [1.29, 1.82) is 0 Å². The van der Waals surface area contributed by atoms with E-state index in [1.165, 1.54) is 0 Å². The summed E-state index contributed by atoms with van der Waals surface area (Å²) in [6.07, 6.45) is 1.61. The molecule has 3 rings (SSSR count). The topological polar surface area (TPSA) is 49.5 Å². The van der Waals surface area contributed by atoms with Gasteiger partial charge in [0.1, 0.15) is 0 Å². The molecule has 2 atom stereocenters. The molecule has 1 aliphatic rings. The summed E-state index contributed by atoms with van der Waals surface area (Å²) in [4.78, 5) is 0. The van der Waals surface area contributed by atoms with Crippen LogP contribution in [-0.4, -0.2) is 39.6 Å². The van der Waals surface area contributed by atoms with Crippen molar-refractivity contribution in [3.05, 3.63) is 47.5 Å². The maximum atomic E-state index is 6.22. The SMILES string of the molecule is COc1ccc(CC2(C)OC2(C)Cc2ccc(OC)c(OC)c2)cc1OC. The maximum Gasteiger partial charge on any atom is 0.160 e. The molecule has 0 radical (unpaired) electrons. The van der Waals surface area contributed by atoms with Crippen LogP contribution in [0.5, 0.6) is 23.0 Å². The molecule has 0 N–H and O–H groups in total. The van der Waals surface area contributed by atoms with E-state index in [1.807, 2.05) is 24.3 Å². The van der Waals surface area contributed by atoms with Crippen LogP contribution in [-0.2, 0) is 17.6 Å². The van der Waals surface area contributed by atoms with Crippen molar-refractivity contribution >= 4 is 0 Å². The van der Waals surface area contributed by atoms with Crippen LogP contribution in [0.2, 0.25) is 0 Å². The van der Waals surface area contributed by atoms with Crippen molar-refractivity contribution in [2.45, 2.75) is 37.9 Å². The van der Waals surface area contributed by atoms with E-state index in [-0.39, 0.29) is 11.2 Å². The minimum atomic E-state index is -0.236. The highest BCUT2D eigenvalue weighted by Gasteiger charge is 2.62. The Balaban J connectivity index is 1.74. The molecule has 0 spiro atoms. The molecule has 146 valence electrons. The Morgan fingerprint density at radius 2 is 1.00 bits per heavy atom. The van der Waals surface area contributed by atoms with Gasteiger partial charge in [-0.15, -0.1) is 0 Å². The zero-order valence-electron chi connectivity index (χ0n) is 16.9. The first-order valence-electron chi connectivity index (χ1n) is 9.00. The smallest absolute Gasteiger partial charge is 0.160 e. The summed E-state index contributed by atoms with van der Waals surface area (Å²) >= 11 is 0. The van der Waals surface area contributed by atoms with E-state index in [9.17, 15) is 0 Å². The lowest BCUT2D eigenvalue weighted by atomic mass is 9.85. The van der Waals surface area contributed by atoms with E-state index in [2.05, 4.69) is 26.0 Å². The second kappa shape index (κ2) is 7.31. The summed E-state index contributed by atoms with van der Waals surface area (Å²) in [6.45, 7) is 4.31. The van der Waals surface area contributed by atoms with E-state index in [0.29, 0.717) is 0 Å². The second-order valence-electron chi connectivity index (χ2n) is 7.30. The predicted molar refractivity (Wildman–Crippen MR) is 104 cm³/mol. The fourth-order valence-corrected chi connectivity index (χ4v) is 3.68. The molecule has 0 amide bonds. The lowest BCUT2D eigenvalue weighted by Crippen LogP contribution is -2.24. The summed E-state index contributed by atoms with van der Waals surface area (Å²) in [5.74, 6) is 2.94. The minimum absolute atomic E-state index is 0.236. The van der Waals surface area contributed by atoms with Crippen LogP contribution in [0.25, 0.3) is 0 Å². The normalized spacial score (nSPS) is 23.6. The molecule has 1 heterocycles. The molecule has 2 unspecified atom stereocenters. The molecule has 2 aromatic rings. The van der Waals surface area contributed by atoms with Gasteiger partial charge in [0.25, 0.3) is 0 Å². The van der Waals surface area contributed by atoms with Crippen molar-refractivity contribution in [2.24, 2.45) is 0 Å². The Kier molecular flexibility index (Phi) is 5.24. The molecule has 5 heteroatoms. The van der Waals surface area contributed by atoms with Crippen LogP contribution in [0.15, 0.2) is 36.4 Å². The molecule has 27 heavy (non-hydrogen) atoms. The number of hydrogen-bond acceptors (Lipinski definition) is 5. The summed E-state index contributed by atoms with van der Waals surface area (Å²) in [5.41, 5.74) is 1.84. The third-order valence-electron chi connectivity index (χ3n) is 5.51. The third-order valence-corrected chi connectivity index (χ3v) is 5.51. The van der Waals surface area contributed by atoms with Gasteiger partial charge in [0.15, 0.2) is 23.0 Å². The van der Waals surface area contributed by atoms with Crippen LogP contribution in [0.1, 0.15) is 25.0 Å². The first-order chi connectivity index (χ1) is 12.9. The molecule has 5 nitrogen and oxygen atoms in total. The van der Waals surface area contributed by atoms with Crippen molar-refractivity contribution < 1.29 is 23.7 Å². The summed E-state index contributed by atoms with van der Waals surface area (Å²) in [6, 6.07) is 12.0. The molecular formula is C22H28O5. The number of ether oxygens (including phenoxy) is 5. The fraction of sp³-hybridized carbons (Fsp3) is 0.455. The number of methoxy groups -OCH3 is 4. The molecule has 1 saturated heterocycles. The number of hydrogen-bond donors (Lipinski definition) is 0. The van der Waals surface area contributed by atoms with Gasteiger partial charge in [0.05, 0.1) is 39.6 Å². The zero-order chi connectivity index (χ0) is 19.7. The molecule has 0 aromatic heterocycles. The highest BCUT2D eigenvalue weighted by molar-refractivity contribution is 5.45. The first-order valence-corrected chi connectivity index (χ1v) is 9.00. The lowest BCUT2D eigenvalue weighted by Gasteiger charge is -2.16. The van der Waals surface area contributed by atoms with Crippen LogP contribution >= 0.6 is 0 Å². The van der Waals surface area contributed by atoms with Gasteiger partial charge >= 0.3 is 0 Å². The van der Waals surface area contributed by atoms with Crippen LogP contribution in [0.3, 0.4) is 0 Å². The van der Waals surface area contributed by atoms with E-state index in [0.717, 1.165) is 47.0 Å². The standard InChI is InChI=1S/C22H28O5/c1-21(13-15-7-9-17(23-3)19(11-15)25-5)22(2,27-21)14-16-8-10-18(24-4)20(12-16)26-6/h7-12H,13-14H2,1-6H3. The van der Waals surface area contributed by atoms with Gasteiger partial charge in [-0.2, -0.15) is 0 Å². The van der Waals surface area contributed by atoms with Crippen LogP contribution < -0.4 is 18.9 Å². The van der Waals surface area contributed by atoms with Gasteiger partial charge < -0.3 is 23.7 Å². The van der Waals surface area contributed by atoms with Crippen molar-refractivity contribution in [3.8, 4) is 23.0 Å².